The summed E-state index contributed by atoms with van der Waals surface area (Å²) in [4.78, 5) is 10.1. The Morgan fingerprint density at radius 3 is 1.88 bits per heavy atom. The summed E-state index contributed by atoms with van der Waals surface area (Å²) in [6.45, 7) is 5.84. The third kappa shape index (κ3) is 5.75. The number of aliphatic carboxylic acids is 1. The van der Waals surface area contributed by atoms with Crippen molar-refractivity contribution in [2.75, 3.05) is 0 Å². The van der Waals surface area contributed by atoms with Crippen LogP contribution in [0.3, 0.4) is 0 Å². The van der Waals surface area contributed by atoms with Gasteiger partial charge in [0.2, 0.25) is 0 Å². The van der Waals surface area contributed by atoms with Crippen molar-refractivity contribution in [1.29, 1.82) is 0 Å². The summed E-state index contributed by atoms with van der Waals surface area (Å²) in [6, 6.07) is 10.0. The number of halogens is 6. The molecule has 24 heavy (non-hydrogen) atoms. The van der Waals surface area contributed by atoms with Crippen molar-refractivity contribution < 1.29 is 36.2 Å². The highest BCUT2D eigenvalue weighted by Crippen LogP contribution is 2.47. The Bertz CT molecular complexity index is 576. The molecule has 0 aromatic heterocycles. The van der Waals surface area contributed by atoms with Gasteiger partial charge in [0.05, 0.1) is 0 Å². The SMILES string of the molecule is C=C(CC(F)(F)C(F)(F)C(C)(F)F)C(=O)O.C=Cc1ccccc1. The van der Waals surface area contributed by atoms with E-state index in [0.717, 1.165) is 0 Å². The van der Waals surface area contributed by atoms with Crippen molar-refractivity contribution in [3.8, 4) is 0 Å². The minimum atomic E-state index is -5.64. The van der Waals surface area contributed by atoms with E-state index in [1.165, 1.54) is 5.56 Å². The Labute approximate surface area is 135 Å². The summed E-state index contributed by atoms with van der Waals surface area (Å²) in [7, 11) is 0. The molecule has 2 nitrogen and oxygen atoms in total. The summed E-state index contributed by atoms with van der Waals surface area (Å²) in [5.74, 6) is -17.7. The van der Waals surface area contributed by atoms with E-state index in [1.807, 2.05) is 36.4 Å². The third-order valence-electron chi connectivity index (χ3n) is 2.78. The van der Waals surface area contributed by atoms with Crippen LogP contribution < -0.4 is 0 Å². The quantitative estimate of drug-likeness (QED) is 0.558. The zero-order chi connectivity index (χ0) is 19.2. The minimum absolute atomic E-state index is 0.371. The lowest BCUT2D eigenvalue weighted by Gasteiger charge is -2.30. The van der Waals surface area contributed by atoms with Gasteiger partial charge in [0.1, 0.15) is 0 Å². The summed E-state index contributed by atoms with van der Waals surface area (Å²) < 4.78 is 75.2. The normalized spacial score (nSPS) is 12.0. The Morgan fingerprint density at radius 2 is 1.58 bits per heavy atom. The Kier molecular flexibility index (Phi) is 7.28. The Balaban J connectivity index is 0.000000546. The van der Waals surface area contributed by atoms with Gasteiger partial charge in [0, 0.05) is 18.9 Å². The summed E-state index contributed by atoms with van der Waals surface area (Å²) in [5.41, 5.74) is -0.0959. The standard InChI is InChI=1S/C8H8F6O2.C8H8/c1-4(5(15)16)3-7(11,12)8(13,14)6(2,9)10;1-2-8-6-4-3-5-7-8/h1,3H2,2H3,(H,15,16);2-7H,1H2. The summed E-state index contributed by atoms with van der Waals surface area (Å²) >= 11 is 0. The second-order valence-electron chi connectivity index (χ2n) is 4.87. The Hall–Kier alpha value is -2.25. The highest BCUT2D eigenvalue weighted by Gasteiger charge is 2.69. The van der Waals surface area contributed by atoms with Crippen LogP contribution in [-0.4, -0.2) is 28.8 Å². The fourth-order valence-electron chi connectivity index (χ4n) is 1.36. The molecule has 1 N–H and O–H groups in total. The first kappa shape index (κ1) is 21.8. The topological polar surface area (TPSA) is 37.3 Å². The first-order valence-electron chi connectivity index (χ1n) is 6.48. The average Bonchev–Trinajstić information content (AvgIpc) is 2.46. The summed E-state index contributed by atoms with van der Waals surface area (Å²) in [6.07, 6.45) is -0.210. The van der Waals surface area contributed by atoms with Crippen molar-refractivity contribution >= 4 is 12.0 Å². The molecule has 1 aromatic carbocycles. The maximum Gasteiger partial charge on any atom is 0.371 e. The summed E-state index contributed by atoms with van der Waals surface area (Å²) in [5, 5.41) is 8.15. The van der Waals surface area contributed by atoms with Gasteiger partial charge in [-0.25, -0.2) is 4.79 Å². The lowest BCUT2D eigenvalue weighted by molar-refractivity contribution is -0.301. The molecule has 0 aliphatic heterocycles. The van der Waals surface area contributed by atoms with Gasteiger partial charge < -0.3 is 5.11 Å². The molecule has 0 unspecified atom stereocenters. The average molecular weight is 354 g/mol. The molecular formula is C16H16F6O2. The van der Waals surface area contributed by atoms with Gasteiger partial charge >= 0.3 is 23.7 Å². The highest BCUT2D eigenvalue weighted by molar-refractivity contribution is 5.85. The second kappa shape index (κ2) is 8.03. The van der Waals surface area contributed by atoms with Crippen LogP contribution >= 0.6 is 0 Å². The van der Waals surface area contributed by atoms with E-state index < -0.39 is 35.7 Å². The largest absolute Gasteiger partial charge is 0.478 e. The van der Waals surface area contributed by atoms with Gasteiger partial charge in [-0.05, 0) is 5.56 Å². The van der Waals surface area contributed by atoms with Gasteiger partial charge in [-0.2, -0.15) is 26.3 Å². The highest BCUT2D eigenvalue weighted by atomic mass is 19.3. The first-order valence-corrected chi connectivity index (χ1v) is 6.48. The lowest BCUT2D eigenvalue weighted by atomic mass is 9.99. The lowest BCUT2D eigenvalue weighted by Crippen LogP contribution is -2.52. The molecule has 0 saturated carbocycles. The van der Waals surface area contributed by atoms with E-state index in [4.69, 9.17) is 5.11 Å². The monoisotopic (exact) mass is 354 g/mol. The van der Waals surface area contributed by atoms with E-state index in [-0.39, 0.29) is 6.92 Å². The Morgan fingerprint density at radius 1 is 1.12 bits per heavy atom. The van der Waals surface area contributed by atoms with E-state index in [2.05, 4.69) is 13.2 Å². The van der Waals surface area contributed by atoms with Crippen LogP contribution in [0, 0.1) is 0 Å². The predicted molar refractivity (Wildman–Crippen MR) is 78.4 cm³/mol. The number of alkyl halides is 6. The van der Waals surface area contributed by atoms with Gasteiger partial charge in [-0.1, -0.05) is 49.6 Å². The fraction of sp³-hybridized carbons (Fsp3) is 0.312. The first-order chi connectivity index (χ1) is 10.8. The number of hydrogen-bond acceptors (Lipinski definition) is 1. The molecule has 1 aromatic rings. The maximum absolute atomic E-state index is 12.8. The van der Waals surface area contributed by atoms with Gasteiger partial charge in [0.25, 0.3) is 0 Å². The number of rotatable bonds is 6. The van der Waals surface area contributed by atoms with Crippen molar-refractivity contribution in [1.82, 2.24) is 0 Å². The van der Waals surface area contributed by atoms with E-state index >= 15 is 0 Å². The molecular weight excluding hydrogens is 338 g/mol. The molecule has 0 bridgehead atoms. The zero-order valence-electron chi connectivity index (χ0n) is 12.7. The van der Waals surface area contributed by atoms with Crippen LogP contribution in [0.2, 0.25) is 0 Å². The van der Waals surface area contributed by atoms with Crippen LogP contribution in [0.4, 0.5) is 26.3 Å². The molecule has 0 radical (unpaired) electrons. The van der Waals surface area contributed by atoms with Crippen molar-refractivity contribution in [3.05, 3.63) is 54.6 Å². The number of hydrogen-bond donors (Lipinski definition) is 1. The molecule has 0 spiro atoms. The molecule has 0 aliphatic rings. The third-order valence-corrected chi connectivity index (χ3v) is 2.78. The van der Waals surface area contributed by atoms with E-state index in [9.17, 15) is 31.1 Å². The van der Waals surface area contributed by atoms with Gasteiger partial charge in [0.15, 0.2) is 0 Å². The fourth-order valence-corrected chi connectivity index (χ4v) is 1.36. The van der Waals surface area contributed by atoms with Crippen molar-refractivity contribution in [3.63, 3.8) is 0 Å². The number of carbonyl (C=O) groups is 1. The number of carboxylic acid groups (broad SMARTS) is 1. The van der Waals surface area contributed by atoms with Crippen LogP contribution in [0.15, 0.2) is 49.1 Å². The number of benzene rings is 1. The molecule has 0 saturated heterocycles. The van der Waals surface area contributed by atoms with Crippen LogP contribution in [0.5, 0.6) is 0 Å². The minimum Gasteiger partial charge on any atom is -0.478 e. The zero-order valence-corrected chi connectivity index (χ0v) is 12.7. The van der Waals surface area contributed by atoms with E-state index in [0.29, 0.717) is 0 Å². The molecule has 0 aliphatic carbocycles. The molecule has 0 fully saturated rings. The second-order valence-corrected chi connectivity index (χ2v) is 4.87. The molecule has 0 atom stereocenters. The predicted octanol–water partition coefficient (Wildman–Crippen LogP) is 5.27. The van der Waals surface area contributed by atoms with Gasteiger partial charge in [-0.3, -0.25) is 0 Å². The van der Waals surface area contributed by atoms with Crippen molar-refractivity contribution in [2.45, 2.75) is 31.1 Å². The van der Waals surface area contributed by atoms with Crippen molar-refractivity contribution in [2.24, 2.45) is 0 Å². The van der Waals surface area contributed by atoms with Crippen LogP contribution in [0.25, 0.3) is 6.08 Å². The van der Waals surface area contributed by atoms with Gasteiger partial charge in [-0.15, -0.1) is 0 Å². The molecule has 1 rings (SSSR count). The number of carboxylic acids is 1. The van der Waals surface area contributed by atoms with Crippen LogP contribution in [0.1, 0.15) is 18.9 Å². The molecule has 0 heterocycles. The maximum atomic E-state index is 12.8. The van der Waals surface area contributed by atoms with E-state index in [1.54, 1.807) is 0 Å². The van der Waals surface area contributed by atoms with Crippen LogP contribution in [-0.2, 0) is 4.79 Å². The smallest absolute Gasteiger partial charge is 0.371 e. The molecule has 8 heteroatoms. The molecule has 134 valence electrons. The molecule has 0 amide bonds.